The Balaban J connectivity index is 4.77. The summed E-state index contributed by atoms with van der Waals surface area (Å²) >= 11 is 0. The summed E-state index contributed by atoms with van der Waals surface area (Å²) in [6, 6.07) is 0. The molecule has 11 nitrogen and oxygen atoms in total. The molecule has 0 aliphatic rings. The number of phosphoric ester groups is 1. The maximum absolute atomic E-state index is 13.0. The molecule has 0 amide bonds. The molecular weight excluding hydrogens is 1020 g/mol. The molecule has 3 unspecified atom stereocenters. The van der Waals surface area contributed by atoms with Crippen molar-refractivity contribution in [2.45, 2.75) is 290 Å². The smallest absolute Gasteiger partial charge is 0.462 e. The number of unbranched alkanes of at least 4 members (excludes halogenated alkanes) is 26. The van der Waals surface area contributed by atoms with Crippen molar-refractivity contribution >= 4 is 25.7 Å². The van der Waals surface area contributed by atoms with Crippen LogP contribution in [0.3, 0.4) is 0 Å². The number of phosphoric acid groups is 1. The van der Waals surface area contributed by atoms with Crippen molar-refractivity contribution in [2.24, 2.45) is 0 Å². The molecule has 0 rings (SSSR count). The number of hydrogen-bond acceptors (Lipinski definition) is 10. The Morgan fingerprint density at radius 1 is 0.362 bits per heavy atom. The highest BCUT2D eigenvalue weighted by molar-refractivity contribution is 7.47. The van der Waals surface area contributed by atoms with Gasteiger partial charge in [0.1, 0.15) is 12.7 Å². The summed E-state index contributed by atoms with van der Waals surface area (Å²) < 4.78 is 39.7. The zero-order valence-corrected chi connectivity index (χ0v) is 51.9. The Labute approximate surface area is 489 Å². The molecule has 0 spiro atoms. The molecule has 2 N–H and O–H groups in total. The second-order valence-electron chi connectivity index (χ2n) is 21.2. The molecule has 460 valence electrons. The number of carbonyl (C=O) groups excluding carboxylic acids is 3. The minimum atomic E-state index is -4.77. The molecule has 0 radical (unpaired) electrons. The number of carbonyl (C=O) groups is 3. The van der Waals surface area contributed by atoms with Crippen LogP contribution in [0.1, 0.15) is 278 Å². The molecule has 0 fully saturated rings. The van der Waals surface area contributed by atoms with E-state index in [-0.39, 0.29) is 25.9 Å². The predicted molar refractivity (Wildman–Crippen MR) is 334 cm³/mol. The topological polar surface area (TPSA) is 155 Å². The molecule has 0 heterocycles. The average Bonchev–Trinajstić information content (AvgIpc) is 3.45. The SMILES string of the molecule is CC/C=C\C/C=C\C/C=C\C/C=C\C/C=C\CCCCCC(=O)OC(COC(=O)CCCCCCCCC/C=C\CCCCCCCC)COP(=O)(O)OCC(CO)OC(=O)CCCCCCCCC/C=C\C/C=C\CCCCC. The van der Waals surface area contributed by atoms with Crippen molar-refractivity contribution in [3.8, 4) is 0 Å². The third-order valence-electron chi connectivity index (χ3n) is 13.5. The third-order valence-corrected chi connectivity index (χ3v) is 14.4. The minimum absolute atomic E-state index is 0.124. The first kappa shape index (κ1) is 76.4. The van der Waals surface area contributed by atoms with Crippen molar-refractivity contribution in [3.05, 3.63) is 97.2 Å². The number of hydrogen-bond donors (Lipinski definition) is 2. The molecule has 0 bridgehead atoms. The number of rotatable bonds is 59. The van der Waals surface area contributed by atoms with Crippen LogP contribution < -0.4 is 0 Å². The normalized spacial score (nSPS) is 13.9. The van der Waals surface area contributed by atoms with Crippen LogP contribution in [-0.4, -0.2) is 66.5 Å². The molecular formula is C68H117O11P. The first-order chi connectivity index (χ1) is 39.2. The maximum Gasteiger partial charge on any atom is 0.472 e. The summed E-state index contributed by atoms with van der Waals surface area (Å²) in [6.45, 7) is 4.48. The fourth-order valence-corrected chi connectivity index (χ4v) is 9.37. The van der Waals surface area contributed by atoms with Gasteiger partial charge in [-0.3, -0.25) is 23.4 Å². The molecule has 80 heavy (non-hydrogen) atoms. The van der Waals surface area contributed by atoms with E-state index < -0.39 is 57.8 Å². The van der Waals surface area contributed by atoms with Crippen LogP contribution in [0.2, 0.25) is 0 Å². The number of aliphatic hydroxyl groups is 1. The largest absolute Gasteiger partial charge is 0.472 e. The lowest BCUT2D eigenvalue weighted by molar-refractivity contribution is -0.161. The van der Waals surface area contributed by atoms with Gasteiger partial charge in [0.15, 0.2) is 6.10 Å². The third kappa shape index (κ3) is 59.0. The van der Waals surface area contributed by atoms with Gasteiger partial charge in [-0.25, -0.2) is 4.57 Å². The summed E-state index contributed by atoms with van der Waals surface area (Å²) in [6.07, 6.45) is 73.5. The molecule has 0 aliphatic heterocycles. The number of aliphatic hydroxyl groups excluding tert-OH is 1. The van der Waals surface area contributed by atoms with E-state index in [4.69, 9.17) is 23.3 Å². The van der Waals surface area contributed by atoms with Gasteiger partial charge in [-0.15, -0.1) is 0 Å². The molecule has 0 aliphatic carbocycles. The molecule has 0 aromatic rings. The zero-order chi connectivity index (χ0) is 58.3. The van der Waals surface area contributed by atoms with E-state index >= 15 is 0 Å². The average molecular weight is 1140 g/mol. The lowest BCUT2D eigenvalue weighted by Gasteiger charge is -2.21. The molecule has 3 atom stereocenters. The molecule has 12 heteroatoms. The Morgan fingerprint density at radius 3 is 1.05 bits per heavy atom. The van der Waals surface area contributed by atoms with E-state index in [1.165, 1.54) is 103 Å². The van der Waals surface area contributed by atoms with Gasteiger partial charge in [-0.05, 0) is 122 Å². The lowest BCUT2D eigenvalue weighted by atomic mass is 10.1. The quantitative estimate of drug-likeness (QED) is 0.0197. The first-order valence-corrected chi connectivity index (χ1v) is 33.6. The second-order valence-corrected chi connectivity index (χ2v) is 22.6. The van der Waals surface area contributed by atoms with Crippen molar-refractivity contribution in [3.63, 3.8) is 0 Å². The van der Waals surface area contributed by atoms with E-state index in [1.54, 1.807) is 0 Å². The van der Waals surface area contributed by atoms with Gasteiger partial charge in [0.05, 0.1) is 19.8 Å². The molecule has 0 aromatic heterocycles. The van der Waals surface area contributed by atoms with Gasteiger partial charge in [-0.1, -0.05) is 234 Å². The van der Waals surface area contributed by atoms with Crippen molar-refractivity contribution in [1.82, 2.24) is 0 Å². The highest BCUT2D eigenvalue weighted by Gasteiger charge is 2.28. The lowest BCUT2D eigenvalue weighted by Crippen LogP contribution is -2.30. The van der Waals surface area contributed by atoms with Gasteiger partial charge in [-0.2, -0.15) is 0 Å². The Bertz CT molecular complexity index is 1710. The summed E-state index contributed by atoms with van der Waals surface area (Å²) in [5.41, 5.74) is 0. The highest BCUT2D eigenvalue weighted by Crippen LogP contribution is 2.43. The summed E-state index contributed by atoms with van der Waals surface area (Å²) in [5.74, 6) is -1.51. The summed E-state index contributed by atoms with van der Waals surface area (Å²) in [7, 11) is -4.77. The molecule has 0 saturated heterocycles. The van der Waals surface area contributed by atoms with Crippen LogP contribution in [0.4, 0.5) is 0 Å². The summed E-state index contributed by atoms with van der Waals surface area (Å²) in [4.78, 5) is 48.8. The van der Waals surface area contributed by atoms with Gasteiger partial charge in [0.25, 0.3) is 0 Å². The van der Waals surface area contributed by atoms with Gasteiger partial charge >= 0.3 is 25.7 Å². The number of esters is 3. The van der Waals surface area contributed by atoms with Crippen LogP contribution >= 0.6 is 7.82 Å². The van der Waals surface area contributed by atoms with E-state index in [9.17, 15) is 28.9 Å². The van der Waals surface area contributed by atoms with E-state index in [0.717, 1.165) is 116 Å². The monoisotopic (exact) mass is 1140 g/mol. The fourth-order valence-electron chi connectivity index (χ4n) is 8.58. The predicted octanol–water partition coefficient (Wildman–Crippen LogP) is 19.6. The van der Waals surface area contributed by atoms with Gasteiger partial charge in [0, 0.05) is 19.3 Å². The summed E-state index contributed by atoms with van der Waals surface area (Å²) in [5, 5.41) is 9.85. The van der Waals surface area contributed by atoms with E-state index in [2.05, 4.69) is 118 Å². The van der Waals surface area contributed by atoms with Gasteiger partial charge in [0.2, 0.25) is 0 Å². The Kier molecular flexibility index (Phi) is 58.7. The zero-order valence-electron chi connectivity index (χ0n) is 51.0. The second kappa shape index (κ2) is 61.5. The standard InChI is InChI=1S/C68H117O11P/c1-4-7-10-13-16-19-22-25-28-31-32-35-38-41-44-47-50-53-56-59-68(72)79-65(61-75-66(70)57-54-51-48-45-42-39-36-33-29-26-23-20-17-14-11-8-5-2)63-77-80(73,74)76-62-64(60-69)78-67(71)58-55-52-49-46-43-40-37-34-30-27-24-21-18-15-12-9-6-3/h7,10,16,18-19,21,25-30,32,35,41,44,64-65,69H,4-6,8-9,11-15,17,20,22-24,31,33-34,36-40,42-43,45-63H2,1-3H3,(H,73,74)/b10-7-,19-16-,21-18-,28-25-,29-26-,30-27-,35-32-,44-41-. The van der Waals surface area contributed by atoms with Crippen LogP contribution in [-0.2, 0) is 42.2 Å². The minimum Gasteiger partial charge on any atom is -0.462 e. The van der Waals surface area contributed by atoms with E-state index in [0.29, 0.717) is 19.3 Å². The first-order valence-electron chi connectivity index (χ1n) is 32.1. The highest BCUT2D eigenvalue weighted by atomic mass is 31.2. The van der Waals surface area contributed by atoms with Crippen molar-refractivity contribution in [2.75, 3.05) is 26.4 Å². The van der Waals surface area contributed by atoms with Crippen LogP contribution in [0.25, 0.3) is 0 Å². The fraction of sp³-hybridized carbons (Fsp3) is 0.721. The van der Waals surface area contributed by atoms with Crippen molar-refractivity contribution in [1.29, 1.82) is 0 Å². The Hall–Kier alpha value is -3.60. The van der Waals surface area contributed by atoms with Crippen molar-refractivity contribution < 1.29 is 52.2 Å². The van der Waals surface area contributed by atoms with Gasteiger partial charge < -0.3 is 24.2 Å². The molecule has 0 aromatic carbocycles. The molecule has 0 saturated carbocycles. The van der Waals surface area contributed by atoms with Crippen LogP contribution in [0, 0.1) is 0 Å². The maximum atomic E-state index is 13.0. The van der Waals surface area contributed by atoms with Crippen LogP contribution in [0.5, 0.6) is 0 Å². The van der Waals surface area contributed by atoms with E-state index in [1.807, 2.05) is 0 Å². The number of ether oxygens (including phenoxy) is 3. The Morgan fingerprint density at radius 2 is 0.650 bits per heavy atom. The van der Waals surface area contributed by atoms with Crippen LogP contribution in [0.15, 0.2) is 97.2 Å². The number of allylic oxidation sites excluding steroid dienone is 16.